The van der Waals surface area contributed by atoms with Crippen molar-refractivity contribution in [1.82, 2.24) is 0 Å². The number of hydrogen-bond donors (Lipinski definition) is 0. The van der Waals surface area contributed by atoms with E-state index in [1.165, 1.54) is 25.1 Å². The molecule has 3 aromatic carbocycles. The maximum atomic E-state index is 14.2. The van der Waals surface area contributed by atoms with Crippen molar-refractivity contribution in [3.63, 3.8) is 0 Å². The molecule has 35 heavy (non-hydrogen) atoms. The van der Waals surface area contributed by atoms with Crippen LogP contribution in [0.5, 0.6) is 0 Å². The summed E-state index contributed by atoms with van der Waals surface area (Å²) in [5.74, 6) is -1.83. The van der Waals surface area contributed by atoms with Crippen molar-refractivity contribution < 1.29 is 19.3 Å². The number of nitro benzene ring substituents is 1. The second kappa shape index (κ2) is 7.30. The molecule has 7 heteroatoms. The Balaban J connectivity index is 1.69. The number of fused-ring (bicyclic) bond motifs is 5. The summed E-state index contributed by atoms with van der Waals surface area (Å²) in [7, 11) is 0. The minimum Gasteiger partial charge on any atom is -0.352 e. The van der Waals surface area contributed by atoms with E-state index in [0.717, 1.165) is 11.3 Å². The second-order valence-electron chi connectivity index (χ2n) is 9.23. The van der Waals surface area contributed by atoms with Crippen molar-refractivity contribution in [2.75, 3.05) is 4.90 Å². The zero-order valence-electron chi connectivity index (χ0n) is 18.8. The quantitative estimate of drug-likeness (QED) is 0.319. The van der Waals surface area contributed by atoms with Crippen molar-refractivity contribution in [2.45, 2.75) is 24.9 Å². The molecule has 2 aliphatic heterocycles. The summed E-state index contributed by atoms with van der Waals surface area (Å²) >= 11 is 0. The number of rotatable bonds is 3. The summed E-state index contributed by atoms with van der Waals surface area (Å²) in [6.07, 6.45) is 3.71. The van der Waals surface area contributed by atoms with E-state index in [4.69, 9.17) is 0 Å². The van der Waals surface area contributed by atoms with E-state index in [1.54, 1.807) is 30.3 Å². The molecule has 1 unspecified atom stereocenters. The van der Waals surface area contributed by atoms with E-state index in [-0.39, 0.29) is 23.0 Å². The fraction of sp³-hybridized carbons (Fsp3) is 0.179. The van der Waals surface area contributed by atoms with E-state index in [2.05, 4.69) is 0 Å². The van der Waals surface area contributed by atoms with E-state index in [1.807, 2.05) is 41.3 Å². The topological polar surface area (TPSA) is 97.6 Å². The zero-order chi connectivity index (χ0) is 24.5. The molecule has 0 aromatic heterocycles. The average Bonchev–Trinajstić information content (AvgIpc) is 3.31. The van der Waals surface area contributed by atoms with Gasteiger partial charge in [0.15, 0.2) is 17.3 Å². The van der Waals surface area contributed by atoms with Gasteiger partial charge in [-0.1, -0.05) is 66.7 Å². The molecular weight excluding hydrogens is 444 g/mol. The van der Waals surface area contributed by atoms with Crippen LogP contribution < -0.4 is 4.90 Å². The zero-order valence-corrected chi connectivity index (χ0v) is 18.8. The first-order valence-corrected chi connectivity index (χ1v) is 11.4. The number of carbonyl (C=O) groups excluding carboxylic acids is 3. The monoisotopic (exact) mass is 464 g/mol. The minimum atomic E-state index is -1.63. The normalized spacial score (nSPS) is 23.2. The van der Waals surface area contributed by atoms with Gasteiger partial charge in [0.25, 0.3) is 5.69 Å². The highest BCUT2D eigenvalue weighted by Gasteiger charge is 2.71. The number of hydrogen-bond acceptors (Lipinski definition) is 6. The average molecular weight is 464 g/mol. The smallest absolute Gasteiger partial charge is 0.269 e. The predicted octanol–water partition coefficient (Wildman–Crippen LogP) is 4.62. The molecule has 1 spiro atoms. The molecule has 0 bridgehead atoms. The molecular formula is C28H20N2O5. The first-order valence-electron chi connectivity index (χ1n) is 11.4. The Morgan fingerprint density at radius 2 is 1.60 bits per heavy atom. The van der Waals surface area contributed by atoms with Gasteiger partial charge in [0.2, 0.25) is 0 Å². The number of para-hydroxylation sites is 1. The Morgan fingerprint density at radius 1 is 0.943 bits per heavy atom. The highest BCUT2D eigenvalue weighted by molar-refractivity contribution is 6.32. The first kappa shape index (κ1) is 21.2. The Labute approximate surface area is 200 Å². The summed E-state index contributed by atoms with van der Waals surface area (Å²) in [6.45, 7) is 1.45. The summed E-state index contributed by atoms with van der Waals surface area (Å²) in [5, 5.41) is 11.6. The number of anilines is 1. The Kier molecular flexibility index (Phi) is 4.42. The lowest BCUT2D eigenvalue weighted by molar-refractivity contribution is -0.384. The molecule has 7 nitrogen and oxygen atoms in total. The minimum absolute atomic E-state index is 0.156. The van der Waals surface area contributed by atoms with Crippen LogP contribution in [0.2, 0.25) is 0 Å². The lowest BCUT2D eigenvalue weighted by Crippen LogP contribution is -2.48. The lowest BCUT2D eigenvalue weighted by Gasteiger charge is -2.37. The van der Waals surface area contributed by atoms with E-state index >= 15 is 0 Å². The molecule has 0 amide bonds. The molecule has 3 aromatic rings. The van der Waals surface area contributed by atoms with Crippen molar-refractivity contribution in [1.29, 1.82) is 0 Å². The van der Waals surface area contributed by atoms with Crippen LogP contribution in [0.25, 0.3) is 6.08 Å². The fourth-order valence-corrected chi connectivity index (χ4v) is 6.28. The van der Waals surface area contributed by atoms with Crippen LogP contribution in [0.4, 0.5) is 11.4 Å². The molecule has 3 atom stereocenters. The molecule has 3 aliphatic rings. The van der Waals surface area contributed by atoms with Crippen LogP contribution in [0.3, 0.4) is 0 Å². The third-order valence-corrected chi connectivity index (χ3v) is 7.57. The molecule has 1 aliphatic carbocycles. The molecule has 2 heterocycles. The van der Waals surface area contributed by atoms with E-state index in [0.29, 0.717) is 16.7 Å². The fourth-order valence-electron chi connectivity index (χ4n) is 6.28. The largest absolute Gasteiger partial charge is 0.352 e. The SMILES string of the molecule is CC(=O)[C@H]1[C@H](c2cccc([N+](=O)[O-])c2)C2(C(=O)c3ccccc3C2=O)C2C=Cc3ccccc3N21. The number of Topliss-reactive ketones (excluding diaryl/α,β-unsaturated/α-hetero) is 3. The molecule has 1 saturated heterocycles. The predicted molar refractivity (Wildman–Crippen MR) is 130 cm³/mol. The number of non-ortho nitro benzene ring substituents is 1. The number of nitro groups is 1. The number of carbonyl (C=O) groups is 3. The third kappa shape index (κ3) is 2.63. The summed E-state index contributed by atoms with van der Waals surface area (Å²) in [4.78, 5) is 54.8. The Hall–Kier alpha value is -4.39. The van der Waals surface area contributed by atoms with E-state index < -0.39 is 28.3 Å². The van der Waals surface area contributed by atoms with E-state index in [9.17, 15) is 24.5 Å². The van der Waals surface area contributed by atoms with Crippen LogP contribution in [0.1, 0.15) is 44.7 Å². The maximum Gasteiger partial charge on any atom is 0.269 e. The molecule has 0 radical (unpaired) electrons. The Bertz CT molecular complexity index is 1450. The van der Waals surface area contributed by atoms with Gasteiger partial charge in [0, 0.05) is 34.9 Å². The third-order valence-electron chi connectivity index (χ3n) is 7.57. The van der Waals surface area contributed by atoms with Crippen molar-refractivity contribution in [2.24, 2.45) is 5.41 Å². The van der Waals surface area contributed by atoms with Crippen LogP contribution in [-0.2, 0) is 4.79 Å². The summed E-state index contributed by atoms with van der Waals surface area (Å²) in [5.41, 5.74) is 0.919. The van der Waals surface area contributed by atoms with Crippen molar-refractivity contribution in [3.8, 4) is 0 Å². The molecule has 1 fully saturated rings. The molecule has 6 rings (SSSR count). The Morgan fingerprint density at radius 3 is 2.26 bits per heavy atom. The second-order valence-corrected chi connectivity index (χ2v) is 9.23. The van der Waals surface area contributed by atoms with Crippen LogP contribution in [0, 0.1) is 15.5 Å². The first-order chi connectivity index (χ1) is 16.9. The number of ketones is 3. The van der Waals surface area contributed by atoms with Gasteiger partial charge in [-0.3, -0.25) is 24.5 Å². The van der Waals surface area contributed by atoms with Gasteiger partial charge in [-0.25, -0.2) is 0 Å². The molecule has 172 valence electrons. The molecule has 0 saturated carbocycles. The lowest BCUT2D eigenvalue weighted by atomic mass is 9.64. The standard InChI is InChI=1S/C28H20N2O5/c1-16(31)25-24(18-8-6-9-19(15-18)30(34)35)28(26(32)20-10-3-4-11-21(20)27(28)33)23-14-13-17-7-2-5-12-22(17)29(23)25/h2-15,23-25H,1H3/t23?,24-,25-/m0/s1. The van der Waals surface area contributed by atoms with Gasteiger partial charge in [-0.05, 0) is 24.1 Å². The van der Waals surface area contributed by atoms with Gasteiger partial charge >= 0.3 is 0 Å². The van der Waals surface area contributed by atoms with Gasteiger partial charge in [-0.15, -0.1) is 0 Å². The van der Waals surface area contributed by atoms with Crippen LogP contribution in [-0.4, -0.2) is 34.4 Å². The molecule has 0 N–H and O–H groups in total. The van der Waals surface area contributed by atoms with Gasteiger partial charge in [0.05, 0.1) is 17.0 Å². The van der Waals surface area contributed by atoms with Gasteiger partial charge in [0.1, 0.15) is 5.41 Å². The highest BCUT2D eigenvalue weighted by atomic mass is 16.6. The summed E-state index contributed by atoms with van der Waals surface area (Å²) in [6, 6.07) is 18.6. The number of nitrogens with zero attached hydrogens (tertiary/aromatic N) is 2. The van der Waals surface area contributed by atoms with Crippen LogP contribution >= 0.6 is 0 Å². The van der Waals surface area contributed by atoms with Crippen molar-refractivity contribution in [3.05, 3.63) is 111 Å². The highest BCUT2D eigenvalue weighted by Crippen LogP contribution is 2.60. The van der Waals surface area contributed by atoms with Gasteiger partial charge in [-0.2, -0.15) is 0 Å². The van der Waals surface area contributed by atoms with Gasteiger partial charge < -0.3 is 4.90 Å². The summed E-state index contributed by atoms with van der Waals surface area (Å²) < 4.78 is 0. The van der Waals surface area contributed by atoms with Crippen LogP contribution in [0.15, 0.2) is 78.9 Å². The maximum absolute atomic E-state index is 14.2. The number of benzene rings is 3. The van der Waals surface area contributed by atoms with Crippen molar-refractivity contribution >= 4 is 34.8 Å².